The minimum absolute atomic E-state index is 0.374. The van der Waals surface area contributed by atoms with E-state index in [1.165, 1.54) is 0 Å². The summed E-state index contributed by atoms with van der Waals surface area (Å²) in [6.45, 7) is 1.75. The van der Waals surface area contributed by atoms with Crippen LogP contribution >= 0.6 is 0 Å². The van der Waals surface area contributed by atoms with Gasteiger partial charge in [-0.1, -0.05) is 30.3 Å². The second kappa shape index (κ2) is 5.71. The molecule has 0 saturated heterocycles. The van der Waals surface area contributed by atoms with Crippen molar-refractivity contribution < 1.29 is 9.90 Å². The Hall–Kier alpha value is -2.40. The van der Waals surface area contributed by atoms with Crippen molar-refractivity contribution in [3.05, 3.63) is 59.8 Å². The molecule has 0 aliphatic rings. The SMILES string of the molecule is CC(O)(Cc1ccnc(NC(N)=O)c1)c1ccccc1. The van der Waals surface area contributed by atoms with Gasteiger partial charge < -0.3 is 10.8 Å². The molecule has 2 rings (SSSR count). The van der Waals surface area contributed by atoms with Crippen LogP contribution in [0.4, 0.5) is 10.6 Å². The Kier molecular flexibility index (Phi) is 4.00. The van der Waals surface area contributed by atoms with E-state index in [1.807, 2.05) is 30.3 Å². The fourth-order valence-electron chi connectivity index (χ4n) is 2.08. The molecule has 0 bridgehead atoms. The molecule has 0 spiro atoms. The summed E-state index contributed by atoms with van der Waals surface area (Å²) in [5, 5.41) is 13.0. The van der Waals surface area contributed by atoms with Crippen molar-refractivity contribution in [2.24, 2.45) is 5.73 Å². The number of benzene rings is 1. The second-order valence-corrected chi connectivity index (χ2v) is 4.86. The van der Waals surface area contributed by atoms with Gasteiger partial charge in [0.05, 0.1) is 5.60 Å². The number of aromatic nitrogens is 1. The van der Waals surface area contributed by atoms with Crippen LogP contribution in [0.5, 0.6) is 0 Å². The summed E-state index contributed by atoms with van der Waals surface area (Å²) in [6.07, 6.45) is 1.98. The first kappa shape index (κ1) is 14.0. The van der Waals surface area contributed by atoms with Crippen molar-refractivity contribution in [1.82, 2.24) is 4.98 Å². The van der Waals surface area contributed by atoms with Gasteiger partial charge in [-0.3, -0.25) is 5.32 Å². The third-order valence-electron chi connectivity index (χ3n) is 3.02. The van der Waals surface area contributed by atoms with Crippen LogP contribution in [-0.2, 0) is 12.0 Å². The van der Waals surface area contributed by atoms with Crippen molar-refractivity contribution in [2.45, 2.75) is 18.9 Å². The summed E-state index contributed by atoms with van der Waals surface area (Å²) in [6, 6.07) is 12.3. The van der Waals surface area contributed by atoms with Gasteiger partial charge in [-0.25, -0.2) is 9.78 Å². The lowest BCUT2D eigenvalue weighted by molar-refractivity contribution is 0.0576. The molecule has 0 radical (unpaired) electrons. The molecule has 2 aromatic rings. The van der Waals surface area contributed by atoms with Crippen LogP contribution in [0.2, 0.25) is 0 Å². The van der Waals surface area contributed by atoms with Gasteiger partial charge in [0.1, 0.15) is 5.82 Å². The number of pyridine rings is 1. The molecule has 4 N–H and O–H groups in total. The van der Waals surface area contributed by atoms with Crippen LogP contribution in [0.15, 0.2) is 48.7 Å². The van der Waals surface area contributed by atoms with Gasteiger partial charge in [-0.2, -0.15) is 0 Å². The van der Waals surface area contributed by atoms with Crippen molar-refractivity contribution in [3.8, 4) is 0 Å². The molecule has 1 unspecified atom stereocenters. The maximum atomic E-state index is 10.8. The molecule has 20 heavy (non-hydrogen) atoms. The van der Waals surface area contributed by atoms with E-state index in [9.17, 15) is 9.90 Å². The standard InChI is InChI=1S/C15H17N3O2/c1-15(20,12-5-3-2-4-6-12)10-11-7-8-17-13(9-11)18-14(16)19/h2-9,20H,10H2,1H3,(H3,16,17,18,19). The number of nitrogens with two attached hydrogens (primary N) is 1. The highest BCUT2D eigenvalue weighted by Crippen LogP contribution is 2.25. The van der Waals surface area contributed by atoms with Crippen LogP contribution in [0, 0.1) is 0 Å². The van der Waals surface area contributed by atoms with E-state index in [0.29, 0.717) is 12.2 Å². The molecule has 0 aliphatic carbocycles. The Morgan fingerprint density at radius 3 is 2.70 bits per heavy atom. The predicted octanol–water partition coefficient (Wildman–Crippen LogP) is 2.02. The number of rotatable bonds is 4. The highest BCUT2D eigenvalue weighted by molar-refractivity contribution is 5.86. The highest BCUT2D eigenvalue weighted by Gasteiger charge is 2.23. The molecule has 0 fully saturated rings. The van der Waals surface area contributed by atoms with E-state index in [0.717, 1.165) is 11.1 Å². The monoisotopic (exact) mass is 271 g/mol. The molecule has 1 aromatic carbocycles. The lowest BCUT2D eigenvalue weighted by Crippen LogP contribution is -2.24. The van der Waals surface area contributed by atoms with Gasteiger partial charge in [0.15, 0.2) is 0 Å². The smallest absolute Gasteiger partial charge is 0.317 e. The largest absolute Gasteiger partial charge is 0.385 e. The second-order valence-electron chi connectivity index (χ2n) is 4.86. The van der Waals surface area contributed by atoms with Gasteiger partial charge in [0, 0.05) is 12.6 Å². The Balaban J connectivity index is 2.19. The quantitative estimate of drug-likeness (QED) is 0.795. The number of amides is 2. The molecule has 1 aromatic heterocycles. The Morgan fingerprint density at radius 2 is 2.05 bits per heavy atom. The average Bonchev–Trinajstić information content (AvgIpc) is 2.39. The van der Waals surface area contributed by atoms with Crippen LogP contribution in [-0.4, -0.2) is 16.1 Å². The van der Waals surface area contributed by atoms with Crippen LogP contribution in [0.25, 0.3) is 0 Å². The maximum Gasteiger partial charge on any atom is 0.317 e. The van der Waals surface area contributed by atoms with Crippen molar-refractivity contribution in [1.29, 1.82) is 0 Å². The van der Waals surface area contributed by atoms with Gasteiger partial charge in [-0.05, 0) is 30.2 Å². The van der Waals surface area contributed by atoms with E-state index < -0.39 is 11.6 Å². The lowest BCUT2D eigenvalue weighted by atomic mass is 9.89. The molecule has 1 heterocycles. The van der Waals surface area contributed by atoms with Gasteiger partial charge in [-0.15, -0.1) is 0 Å². The van der Waals surface area contributed by atoms with E-state index in [2.05, 4.69) is 10.3 Å². The highest BCUT2D eigenvalue weighted by atomic mass is 16.3. The summed E-state index contributed by atoms with van der Waals surface area (Å²) in [4.78, 5) is 14.8. The van der Waals surface area contributed by atoms with Gasteiger partial charge in [0.25, 0.3) is 0 Å². The molecule has 0 aliphatic heterocycles. The molecule has 0 saturated carbocycles. The van der Waals surface area contributed by atoms with Crippen molar-refractivity contribution in [2.75, 3.05) is 5.32 Å². The number of hydrogen-bond donors (Lipinski definition) is 3. The molecule has 104 valence electrons. The fraction of sp³-hybridized carbons (Fsp3) is 0.200. The zero-order chi connectivity index (χ0) is 14.6. The minimum atomic E-state index is -0.993. The third kappa shape index (κ3) is 3.55. The Morgan fingerprint density at radius 1 is 1.35 bits per heavy atom. The third-order valence-corrected chi connectivity index (χ3v) is 3.02. The molecule has 1 atom stereocenters. The number of carbonyl (C=O) groups is 1. The number of aliphatic hydroxyl groups is 1. The molecule has 2 amide bonds. The molecular formula is C15H17N3O2. The molecular weight excluding hydrogens is 254 g/mol. The molecule has 5 heteroatoms. The normalized spacial score (nSPS) is 13.5. The lowest BCUT2D eigenvalue weighted by Gasteiger charge is -2.24. The number of primary amides is 1. The first-order valence-electron chi connectivity index (χ1n) is 6.27. The first-order chi connectivity index (χ1) is 9.47. The van der Waals surface area contributed by atoms with E-state index in [4.69, 9.17) is 5.73 Å². The number of nitrogens with one attached hydrogen (secondary N) is 1. The maximum absolute atomic E-state index is 10.8. The zero-order valence-electron chi connectivity index (χ0n) is 11.2. The van der Waals surface area contributed by atoms with E-state index >= 15 is 0 Å². The summed E-state index contributed by atoms with van der Waals surface area (Å²) >= 11 is 0. The van der Waals surface area contributed by atoms with Gasteiger partial charge in [0.2, 0.25) is 0 Å². The van der Waals surface area contributed by atoms with Crippen molar-refractivity contribution in [3.63, 3.8) is 0 Å². The number of hydrogen-bond acceptors (Lipinski definition) is 3. The van der Waals surface area contributed by atoms with Crippen LogP contribution in [0.3, 0.4) is 0 Å². The van der Waals surface area contributed by atoms with Crippen LogP contribution in [0.1, 0.15) is 18.1 Å². The molecule has 5 nitrogen and oxygen atoms in total. The Bertz CT molecular complexity index is 597. The minimum Gasteiger partial charge on any atom is -0.385 e. The predicted molar refractivity (Wildman–Crippen MR) is 77.2 cm³/mol. The number of urea groups is 1. The summed E-state index contributed by atoms with van der Waals surface area (Å²) in [7, 11) is 0. The summed E-state index contributed by atoms with van der Waals surface area (Å²) < 4.78 is 0. The number of anilines is 1. The number of carbonyl (C=O) groups excluding carboxylic acids is 1. The topological polar surface area (TPSA) is 88.2 Å². The fourth-order valence-corrected chi connectivity index (χ4v) is 2.08. The average molecular weight is 271 g/mol. The first-order valence-corrected chi connectivity index (χ1v) is 6.27. The van der Waals surface area contributed by atoms with E-state index in [1.54, 1.807) is 25.3 Å². The summed E-state index contributed by atoms with van der Waals surface area (Å²) in [5.41, 5.74) is 5.75. The van der Waals surface area contributed by atoms with Crippen LogP contribution < -0.4 is 11.1 Å². The van der Waals surface area contributed by atoms with E-state index in [-0.39, 0.29) is 0 Å². The Labute approximate surface area is 117 Å². The summed E-state index contributed by atoms with van der Waals surface area (Å²) in [5.74, 6) is 0.374. The zero-order valence-corrected chi connectivity index (χ0v) is 11.2. The van der Waals surface area contributed by atoms with Gasteiger partial charge >= 0.3 is 6.03 Å². The number of nitrogens with zero attached hydrogens (tertiary/aromatic N) is 1. The van der Waals surface area contributed by atoms with Crippen molar-refractivity contribution >= 4 is 11.8 Å².